The normalized spacial score (nSPS) is 22.8. The van der Waals surface area contributed by atoms with Gasteiger partial charge < -0.3 is 16.0 Å². The van der Waals surface area contributed by atoms with E-state index in [0.29, 0.717) is 16.5 Å². The molecule has 170 valence electrons. The van der Waals surface area contributed by atoms with E-state index in [4.69, 9.17) is 5.73 Å². The number of primary amides is 1. The van der Waals surface area contributed by atoms with Crippen molar-refractivity contribution in [2.24, 2.45) is 11.7 Å². The summed E-state index contributed by atoms with van der Waals surface area (Å²) in [7, 11) is 0. The number of benzene rings is 1. The number of piperidine rings is 1. The van der Waals surface area contributed by atoms with Crippen molar-refractivity contribution in [2.45, 2.75) is 64.7 Å². The monoisotopic (exact) mass is 441 g/mol. The van der Waals surface area contributed by atoms with Crippen molar-refractivity contribution in [3.8, 4) is 0 Å². The summed E-state index contributed by atoms with van der Waals surface area (Å²) in [6, 6.07) is 5.66. The molecule has 2 heterocycles. The Bertz CT molecular complexity index is 1120. The lowest BCUT2D eigenvalue weighted by molar-refractivity contribution is -0.143. The molecule has 1 aromatic carbocycles. The molecule has 1 aromatic heterocycles. The maximum atomic E-state index is 14.2. The fourth-order valence-corrected chi connectivity index (χ4v) is 5.12. The van der Waals surface area contributed by atoms with Crippen molar-refractivity contribution < 1.29 is 18.8 Å². The Hall–Kier alpha value is -3.23. The number of likely N-dealkylation sites (tertiary alicyclic amines) is 1. The molecule has 32 heavy (non-hydrogen) atoms. The van der Waals surface area contributed by atoms with Crippen LogP contribution in [0.15, 0.2) is 35.7 Å². The fraction of sp³-hybridized carbons (Fsp3) is 0.478. The Balaban J connectivity index is 1.58. The highest BCUT2D eigenvalue weighted by atomic mass is 19.1. The smallest absolute Gasteiger partial charge is 0.269 e. The Morgan fingerprint density at radius 2 is 1.97 bits per heavy atom. The number of rotatable bonds is 6. The van der Waals surface area contributed by atoms with Gasteiger partial charge in [-0.05, 0) is 57.6 Å². The molecule has 1 aliphatic heterocycles. The largest absolute Gasteiger partial charge is 0.364 e. The number of hydrogen-bond acceptors (Lipinski definition) is 4. The van der Waals surface area contributed by atoms with Gasteiger partial charge in [-0.3, -0.25) is 19.1 Å². The number of allylic oxidation sites excluding steroid dienone is 1. The standard InChI is InChI=1S/C23H28FN5O3/c1-12(2)19(24)13(3)26-23(32)21-14-8-9-15(10-14)29(21)18(30)11-28-17-7-5-4-6-16(17)20(27-28)22(25)31/h4-7,13-15,21H,8-11H2,1-3H3,(H2,25,31)(H,26,32)/t13?,14-,15+,21-/m0/s1. The van der Waals surface area contributed by atoms with Gasteiger partial charge in [0.15, 0.2) is 5.69 Å². The van der Waals surface area contributed by atoms with Gasteiger partial charge in [0.2, 0.25) is 11.8 Å². The zero-order valence-electron chi connectivity index (χ0n) is 18.5. The van der Waals surface area contributed by atoms with Crippen molar-refractivity contribution >= 4 is 28.6 Å². The molecule has 1 saturated carbocycles. The van der Waals surface area contributed by atoms with E-state index in [9.17, 15) is 18.8 Å². The zero-order valence-corrected chi connectivity index (χ0v) is 18.5. The molecule has 8 nitrogen and oxygen atoms in total. The quantitative estimate of drug-likeness (QED) is 0.716. The maximum absolute atomic E-state index is 14.2. The fourth-order valence-electron chi connectivity index (χ4n) is 5.12. The molecule has 3 amide bonds. The van der Waals surface area contributed by atoms with E-state index in [2.05, 4.69) is 10.4 Å². The van der Waals surface area contributed by atoms with Crippen molar-refractivity contribution in [3.05, 3.63) is 41.4 Å². The number of amides is 3. The third-order valence-corrected chi connectivity index (χ3v) is 6.53. The van der Waals surface area contributed by atoms with Crippen molar-refractivity contribution in [1.82, 2.24) is 20.0 Å². The molecule has 0 radical (unpaired) electrons. The average Bonchev–Trinajstić information content (AvgIpc) is 3.46. The van der Waals surface area contributed by atoms with Crippen LogP contribution in [0.4, 0.5) is 4.39 Å². The second-order valence-corrected chi connectivity index (χ2v) is 8.94. The molecular weight excluding hydrogens is 413 g/mol. The third kappa shape index (κ3) is 3.76. The number of carbonyl (C=O) groups is 3. The maximum Gasteiger partial charge on any atom is 0.269 e. The highest BCUT2D eigenvalue weighted by Gasteiger charge is 2.51. The van der Waals surface area contributed by atoms with E-state index in [1.54, 1.807) is 49.9 Å². The van der Waals surface area contributed by atoms with Crippen molar-refractivity contribution in [2.75, 3.05) is 0 Å². The van der Waals surface area contributed by atoms with Gasteiger partial charge in [-0.25, -0.2) is 4.39 Å². The van der Waals surface area contributed by atoms with E-state index in [-0.39, 0.29) is 41.8 Å². The summed E-state index contributed by atoms with van der Waals surface area (Å²) in [4.78, 5) is 39.8. The van der Waals surface area contributed by atoms with Crippen LogP contribution in [0.1, 0.15) is 50.5 Å². The van der Waals surface area contributed by atoms with Crippen LogP contribution in [-0.4, -0.2) is 50.5 Å². The second kappa shape index (κ2) is 8.37. The van der Waals surface area contributed by atoms with E-state index >= 15 is 0 Å². The van der Waals surface area contributed by atoms with Gasteiger partial charge in [0.1, 0.15) is 18.4 Å². The second-order valence-electron chi connectivity index (χ2n) is 8.94. The summed E-state index contributed by atoms with van der Waals surface area (Å²) < 4.78 is 15.7. The molecular formula is C23H28FN5O3. The minimum Gasteiger partial charge on any atom is -0.364 e. The molecule has 4 atom stereocenters. The van der Waals surface area contributed by atoms with Gasteiger partial charge in [-0.15, -0.1) is 0 Å². The number of fused-ring (bicyclic) bond motifs is 3. The predicted octanol–water partition coefficient (Wildman–Crippen LogP) is 2.28. The first-order valence-corrected chi connectivity index (χ1v) is 10.9. The number of aromatic nitrogens is 2. The van der Waals surface area contributed by atoms with Gasteiger partial charge in [-0.2, -0.15) is 5.10 Å². The lowest BCUT2D eigenvalue weighted by Crippen LogP contribution is -2.55. The van der Waals surface area contributed by atoms with Crippen LogP contribution < -0.4 is 11.1 Å². The lowest BCUT2D eigenvalue weighted by atomic mass is 9.97. The number of nitrogens with one attached hydrogen (secondary N) is 1. The number of hydrogen-bond donors (Lipinski definition) is 2. The first-order valence-electron chi connectivity index (χ1n) is 10.9. The molecule has 2 aliphatic rings. The first-order chi connectivity index (χ1) is 15.2. The van der Waals surface area contributed by atoms with Crippen LogP contribution in [-0.2, 0) is 16.1 Å². The third-order valence-electron chi connectivity index (χ3n) is 6.53. The highest BCUT2D eigenvalue weighted by Crippen LogP contribution is 2.42. The minimum absolute atomic E-state index is 0.0238. The molecule has 9 heteroatoms. The number of nitrogens with two attached hydrogens (primary N) is 1. The van der Waals surface area contributed by atoms with Gasteiger partial charge in [0, 0.05) is 11.4 Å². The summed E-state index contributed by atoms with van der Waals surface area (Å²) in [5.41, 5.74) is 6.69. The highest BCUT2D eigenvalue weighted by molar-refractivity contribution is 6.04. The van der Waals surface area contributed by atoms with E-state index in [0.717, 1.165) is 19.3 Å². The Kier molecular flexibility index (Phi) is 5.75. The lowest BCUT2D eigenvalue weighted by Gasteiger charge is -2.35. The van der Waals surface area contributed by atoms with Crippen LogP contribution in [0.25, 0.3) is 10.9 Å². The number of carbonyl (C=O) groups excluding carboxylic acids is 3. The molecule has 2 fully saturated rings. The topological polar surface area (TPSA) is 110 Å². The molecule has 2 bridgehead atoms. The molecule has 4 rings (SSSR count). The van der Waals surface area contributed by atoms with Crippen molar-refractivity contribution in [3.63, 3.8) is 0 Å². The summed E-state index contributed by atoms with van der Waals surface area (Å²) in [5, 5.41) is 7.58. The van der Waals surface area contributed by atoms with E-state index in [1.165, 1.54) is 4.68 Å². The van der Waals surface area contributed by atoms with Gasteiger partial charge in [0.25, 0.3) is 5.91 Å². The summed E-state index contributed by atoms with van der Waals surface area (Å²) in [6.07, 6.45) is 2.46. The molecule has 0 spiro atoms. The Morgan fingerprint density at radius 3 is 2.66 bits per heavy atom. The summed E-state index contributed by atoms with van der Waals surface area (Å²) in [5.74, 6) is -1.57. The molecule has 1 saturated heterocycles. The number of halogens is 1. The van der Waals surface area contributed by atoms with Crippen LogP contribution in [0, 0.1) is 5.92 Å². The van der Waals surface area contributed by atoms with E-state index < -0.39 is 18.0 Å². The SMILES string of the molecule is CC(C)=C(F)C(C)NC(=O)[C@@H]1[C@H]2CC[C@H](C2)N1C(=O)Cn1nc(C(N)=O)c2ccccc21. The van der Waals surface area contributed by atoms with E-state index in [1.807, 2.05) is 0 Å². The molecule has 2 aromatic rings. The predicted molar refractivity (Wildman–Crippen MR) is 117 cm³/mol. The van der Waals surface area contributed by atoms with Crippen LogP contribution in [0.2, 0.25) is 0 Å². The summed E-state index contributed by atoms with van der Waals surface area (Å²) in [6.45, 7) is 4.79. The average molecular weight is 442 g/mol. The van der Waals surface area contributed by atoms with Crippen LogP contribution >= 0.6 is 0 Å². The van der Waals surface area contributed by atoms with Gasteiger partial charge in [-0.1, -0.05) is 18.2 Å². The van der Waals surface area contributed by atoms with Crippen LogP contribution in [0.3, 0.4) is 0 Å². The number of para-hydroxylation sites is 1. The first kappa shape index (κ1) is 22.0. The number of nitrogens with zero attached hydrogens (tertiary/aromatic N) is 3. The minimum atomic E-state index is -0.753. The summed E-state index contributed by atoms with van der Waals surface area (Å²) >= 11 is 0. The Labute approximate surface area is 185 Å². The molecule has 1 unspecified atom stereocenters. The Morgan fingerprint density at radius 1 is 1.25 bits per heavy atom. The van der Waals surface area contributed by atoms with Crippen molar-refractivity contribution in [1.29, 1.82) is 0 Å². The van der Waals surface area contributed by atoms with Gasteiger partial charge in [0.05, 0.1) is 11.6 Å². The van der Waals surface area contributed by atoms with Gasteiger partial charge >= 0.3 is 0 Å². The van der Waals surface area contributed by atoms with Crippen LogP contribution in [0.5, 0.6) is 0 Å². The molecule has 1 aliphatic carbocycles. The molecule has 3 N–H and O–H groups in total. The zero-order chi connectivity index (χ0) is 23.2.